The predicted molar refractivity (Wildman–Crippen MR) is 158 cm³/mol. The number of ether oxygens (including phenoxy) is 6. The topological polar surface area (TPSA) is 292 Å². The van der Waals surface area contributed by atoms with Crippen LogP contribution < -0.4 is 9.47 Å². The van der Waals surface area contributed by atoms with E-state index >= 15 is 0 Å². The van der Waals surface area contributed by atoms with E-state index in [4.69, 9.17) is 33.5 Å². The summed E-state index contributed by atoms with van der Waals surface area (Å²) >= 11 is 0. The largest absolute Gasteiger partial charge is 0.508 e. The summed E-state index contributed by atoms with van der Waals surface area (Å²) in [4.78, 5) is 22.7. The van der Waals surface area contributed by atoms with Gasteiger partial charge in [-0.25, -0.2) is 0 Å². The number of aliphatic hydroxyl groups is 7. The van der Waals surface area contributed by atoms with Crippen LogP contribution in [-0.2, 0) is 28.5 Å². The number of aliphatic hydroxyl groups excluding tert-OH is 7. The Bertz CT molecular complexity index is 1510. The van der Waals surface area contributed by atoms with Crippen molar-refractivity contribution in [2.24, 2.45) is 0 Å². The van der Waals surface area contributed by atoms with Crippen LogP contribution in [-0.4, -0.2) is 138 Å². The van der Waals surface area contributed by atoms with Gasteiger partial charge in [0.1, 0.15) is 84.2 Å². The monoisotopic (exact) mass is 696 g/mol. The summed E-state index contributed by atoms with van der Waals surface area (Å²) in [6.07, 6.45) is -17.7. The molecule has 0 amide bonds. The molecule has 2 aromatic carbocycles. The number of carboxylic acid groups (broad SMARTS) is 1. The van der Waals surface area contributed by atoms with Gasteiger partial charge in [-0.1, -0.05) is 12.1 Å². The van der Waals surface area contributed by atoms with Crippen LogP contribution in [0.25, 0.3) is 6.08 Å². The fourth-order valence-electron chi connectivity index (χ4n) is 5.34. The molecule has 3 heterocycles. The predicted octanol–water partition coefficient (Wildman–Crippen LogP) is -2.02. The molecule has 2 fully saturated rings. The third-order valence-corrected chi connectivity index (χ3v) is 8.04. The van der Waals surface area contributed by atoms with Crippen molar-refractivity contribution in [3.8, 4) is 23.0 Å². The summed E-state index contributed by atoms with van der Waals surface area (Å²) in [5, 5.41) is 101. The van der Waals surface area contributed by atoms with E-state index in [-0.39, 0.29) is 34.3 Å². The van der Waals surface area contributed by atoms with E-state index in [9.17, 15) is 55.5 Å². The first-order valence-electron chi connectivity index (χ1n) is 15.0. The fourth-order valence-corrected chi connectivity index (χ4v) is 5.34. The molecule has 18 nitrogen and oxygen atoms in total. The molecule has 3 aliphatic rings. The lowest BCUT2D eigenvalue weighted by atomic mass is 9.98. The van der Waals surface area contributed by atoms with E-state index < -0.39 is 106 Å². The van der Waals surface area contributed by atoms with Crippen LogP contribution in [0, 0.1) is 0 Å². The van der Waals surface area contributed by atoms with E-state index in [0.717, 1.165) is 6.07 Å². The number of fused-ring (bicyclic) bond motifs is 1. The minimum absolute atomic E-state index is 0.00302. The first kappa shape index (κ1) is 36.1. The number of phenolic OH excluding ortho intramolecular Hbond substituents is 2. The van der Waals surface area contributed by atoms with Gasteiger partial charge >= 0.3 is 11.9 Å². The summed E-state index contributed by atoms with van der Waals surface area (Å²) in [6.45, 7) is -1.37. The van der Waals surface area contributed by atoms with Crippen molar-refractivity contribution in [3.05, 3.63) is 53.3 Å². The number of aromatic hydroxyl groups is 2. The minimum Gasteiger partial charge on any atom is -0.508 e. The van der Waals surface area contributed by atoms with E-state index in [1.807, 2.05) is 0 Å². The highest BCUT2D eigenvalue weighted by Crippen LogP contribution is 2.45. The Kier molecular flexibility index (Phi) is 11.1. The zero-order valence-electron chi connectivity index (χ0n) is 25.5. The Balaban J connectivity index is 1.45. The first-order chi connectivity index (χ1) is 23.3. The van der Waals surface area contributed by atoms with Gasteiger partial charge in [0.2, 0.25) is 12.6 Å². The lowest BCUT2D eigenvalue weighted by molar-refractivity contribution is -0.294. The van der Waals surface area contributed by atoms with Crippen molar-refractivity contribution in [3.63, 3.8) is 0 Å². The van der Waals surface area contributed by atoms with Crippen LogP contribution in [0.1, 0.15) is 30.1 Å². The zero-order chi connectivity index (χ0) is 35.6. The van der Waals surface area contributed by atoms with E-state index in [2.05, 4.69) is 0 Å². The maximum absolute atomic E-state index is 12.0. The molecule has 5 rings (SSSR count). The molecule has 10 N–H and O–H groups in total. The number of carbonyl (C=O) groups is 2. The number of phenols is 2. The fraction of sp³-hybridized carbons (Fsp3) is 0.484. The molecule has 49 heavy (non-hydrogen) atoms. The first-order valence-corrected chi connectivity index (χ1v) is 15.0. The standard InChI is InChI=1S/C31H36O18/c32-10-19-23(38)25(40)27(42)30(48-19)46-17-8-14(34)7-16-15(17)9-18(29(45-16)12-1-3-13(33)4-2-12)47-31-28(43)26(41)24(39)20(49-31)11-44-22(37)6-5-21(35)36/h1-4,7-9,19-20,23-34,38-43H,5-6,10-11H2,(H,35,36). The Morgan fingerprint density at radius 3 is 1.98 bits per heavy atom. The van der Waals surface area contributed by atoms with Gasteiger partial charge in [-0.3, -0.25) is 9.59 Å². The lowest BCUT2D eigenvalue weighted by Crippen LogP contribution is -2.60. The Morgan fingerprint density at radius 2 is 1.35 bits per heavy atom. The number of esters is 1. The molecule has 0 aromatic heterocycles. The molecule has 0 bridgehead atoms. The van der Waals surface area contributed by atoms with Crippen LogP contribution in [0.4, 0.5) is 0 Å². The molecule has 3 aliphatic heterocycles. The summed E-state index contributed by atoms with van der Waals surface area (Å²) in [5.74, 6) is -2.92. The molecule has 2 aromatic rings. The molecule has 0 radical (unpaired) electrons. The van der Waals surface area contributed by atoms with Crippen molar-refractivity contribution in [1.82, 2.24) is 0 Å². The van der Waals surface area contributed by atoms with E-state index in [0.29, 0.717) is 5.56 Å². The van der Waals surface area contributed by atoms with Gasteiger partial charge in [-0.15, -0.1) is 0 Å². The molecule has 2 saturated heterocycles. The van der Waals surface area contributed by atoms with Gasteiger partial charge in [0, 0.05) is 17.7 Å². The van der Waals surface area contributed by atoms with Crippen LogP contribution in [0.5, 0.6) is 23.0 Å². The molecule has 268 valence electrons. The highest BCUT2D eigenvalue weighted by molar-refractivity contribution is 5.76. The molecule has 11 atom stereocenters. The zero-order valence-corrected chi connectivity index (χ0v) is 25.5. The molecule has 0 spiro atoms. The highest BCUT2D eigenvalue weighted by atomic mass is 16.7. The highest BCUT2D eigenvalue weighted by Gasteiger charge is 2.47. The summed E-state index contributed by atoms with van der Waals surface area (Å²) in [5.41, 5.74) is 0.443. The second-order valence-electron chi connectivity index (χ2n) is 11.5. The quantitative estimate of drug-likeness (QED) is 0.113. The number of carboxylic acids is 1. The Morgan fingerprint density at radius 1 is 0.735 bits per heavy atom. The second kappa shape index (κ2) is 15.1. The second-order valence-corrected chi connectivity index (χ2v) is 11.5. The molecule has 0 aliphatic carbocycles. The normalized spacial score (nSPS) is 32.6. The van der Waals surface area contributed by atoms with Gasteiger partial charge in [-0.2, -0.15) is 0 Å². The number of hydrogen-bond donors (Lipinski definition) is 10. The van der Waals surface area contributed by atoms with Gasteiger partial charge in [0.25, 0.3) is 0 Å². The Labute approximate surface area is 277 Å². The van der Waals surface area contributed by atoms with E-state index in [1.54, 1.807) is 0 Å². The maximum atomic E-state index is 12.0. The summed E-state index contributed by atoms with van der Waals surface area (Å²) < 4.78 is 34.0. The number of carbonyl (C=O) groups excluding carboxylic acids is 1. The van der Waals surface area contributed by atoms with Crippen molar-refractivity contribution in [2.75, 3.05) is 13.2 Å². The lowest BCUT2D eigenvalue weighted by Gasteiger charge is -2.41. The smallest absolute Gasteiger partial charge is 0.306 e. The van der Waals surface area contributed by atoms with Crippen LogP contribution >= 0.6 is 0 Å². The molecule has 11 unspecified atom stereocenters. The van der Waals surface area contributed by atoms with Crippen LogP contribution in [0.3, 0.4) is 0 Å². The number of benzene rings is 2. The number of rotatable bonds is 11. The van der Waals surface area contributed by atoms with Crippen molar-refractivity contribution >= 4 is 18.0 Å². The third-order valence-electron chi connectivity index (χ3n) is 8.04. The van der Waals surface area contributed by atoms with Crippen molar-refractivity contribution in [2.45, 2.75) is 80.4 Å². The van der Waals surface area contributed by atoms with Crippen molar-refractivity contribution < 1.29 is 89.1 Å². The summed E-state index contributed by atoms with van der Waals surface area (Å²) in [7, 11) is 0. The average Bonchev–Trinajstić information content (AvgIpc) is 3.07. The number of hydrogen-bond acceptors (Lipinski definition) is 17. The molecular weight excluding hydrogens is 660 g/mol. The van der Waals surface area contributed by atoms with Gasteiger partial charge in [0.15, 0.2) is 6.10 Å². The van der Waals surface area contributed by atoms with Crippen LogP contribution in [0.2, 0.25) is 0 Å². The molecule has 18 heteroatoms. The van der Waals surface area contributed by atoms with Gasteiger partial charge < -0.3 is 79.5 Å². The maximum Gasteiger partial charge on any atom is 0.306 e. The van der Waals surface area contributed by atoms with Gasteiger partial charge in [-0.05, 0) is 18.2 Å². The SMILES string of the molecule is O=C(O)CCC(=O)OCC1OC(OC2=Cc3c(cc(O)cc3OC3OC(CO)C(O)C(O)C3O)OC2c2ccc(O)cc2)C(O)C(O)C1O. The van der Waals surface area contributed by atoms with Gasteiger partial charge in [0.05, 0.1) is 25.0 Å². The van der Waals surface area contributed by atoms with E-state index in [1.165, 1.54) is 36.4 Å². The Hall–Kier alpha value is -4.24. The minimum atomic E-state index is -1.87. The summed E-state index contributed by atoms with van der Waals surface area (Å²) in [6, 6.07) is 7.99. The third kappa shape index (κ3) is 7.99. The number of aliphatic carboxylic acids is 1. The molecular formula is C31H36O18. The van der Waals surface area contributed by atoms with Crippen molar-refractivity contribution in [1.29, 1.82) is 0 Å². The molecule has 0 saturated carbocycles. The average molecular weight is 697 g/mol. The van der Waals surface area contributed by atoms with Crippen LogP contribution in [0.15, 0.2) is 42.2 Å².